The molecule has 3 rings (SSSR count). The topological polar surface area (TPSA) is 28.2 Å². The second-order valence-electron chi connectivity index (χ2n) is 4.68. The van der Waals surface area contributed by atoms with Gasteiger partial charge in [0.25, 0.3) is 0 Å². The number of piperazine rings is 1. The van der Waals surface area contributed by atoms with Gasteiger partial charge in [0.05, 0.1) is 0 Å². The zero-order valence-corrected chi connectivity index (χ0v) is 12.5. The molecule has 1 fully saturated rings. The summed E-state index contributed by atoms with van der Waals surface area (Å²) in [6.45, 7) is 5.44. The highest BCUT2D eigenvalue weighted by Crippen LogP contribution is 2.26. The van der Waals surface area contributed by atoms with Gasteiger partial charge in [-0.2, -0.15) is 0 Å². The van der Waals surface area contributed by atoms with Crippen molar-refractivity contribution in [1.29, 1.82) is 0 Å². The summed E-state index contributed by atoms with van der Waals surface area (Å²) in [7, 11) is 0. The number of anilines is 1. The maximum absolute atomic E-state index is 4.18. The molecule has 1 aromatic carbocycles. The summed E-state index contributed by atoms with van der Waals surface area (Å²) in [6, 6.07) is 9.11. The Labute approximate surface area is 126 Å². The summed E-state index contributed by atoms with van der Waals surface area (Å²) in [5.74, 6) is 0. The minimum atomic E-state index is 0. The van der Waals surface area contributed by atoms with E-state index in [-0.39, 0.29) is 24.8 Å². The van der Waals surface area contributed by atoms with Crippen LogP contribution < -0.4 is 10.2 Å². The Kier molecular flexibility index (Phi) is 5.85. The molecule has 2 heterocycles. The van der Waals surface area contributed by atoms with Crippen molar-refractivity contribution in [2.24, 2.45) is 0 Å². The fraction of sp³-hybridized carbons (Fsp3) is 0.357. The zero-order chi connectivity index (χ0) is 11.7. The molecule has 0 aliphatic carbocycles. The monoisotopic (exact) mass is 299 g/mol. The van der Waals surface area contributed by atoms with Crippen molar-refractivity contribution in [3.05, 3.63) is 36.7 Å². The third kappa shape index (κ3) is 3.30. The first-order valence-electron chi connectivity index (χ1n) is 6.15. The number of hydrogen-bond donors (Lipinski definition) is 1. The van der Waals surface area contributed by atoms with Crippen molar-refractivity contribution in [3.8, 4) is 0 Å². The summed E-state index contributed by atoms with van der Waals surface area (Å²) in [6.07, 6.45) is 3.81. The summed E-state index contributed by atoms with van der Waals surface area (Å²) in [5, 5.41) is 6.00. The lowest BCUT2D eigenvalue weighted by atomic mass is 10.1. The van der Waals surface area contributed by atoms with Crippen LogP contribution in [0.3, 0.4) is 0 Å². The number of rotatable bonds is 1. The summed E-state index contributed by atoms with van der Waals surface area (Å²) < 4.78 is 0. The predicted molar refractivity (Wildman–Crippen MR) is 85.9 cm³/mol. The maximum Gasteiger partial charge on any atom is 0.0448 e. The van der Waals surface area contributed by atoms with Crippen molar-refractivity contribution in [1.82, 2.24) is 10.3 Å². The number of nitrogens with one attached hydrogen (secondary N) is 1. The van der Waals surface area contributed by atoms with Gasteiger partial charge in [-0.05, 0) is 19.1 Å². The normalized spacial score (nSPS) is 18.6. The number of nitrogens with zero attached hydrogens (tertiary/aromatic N) is 2. The van der Waals surface area contributed by atoms with Crippen LogP contribution in [0.2, 0.25) is 0 Å². The van der Waals surface area contributed by atoms with Crippen molar-refractivity contribution in [3.63, 3.8) is 0 Å². The lowest BCUT2D eigenvalue weighted by Crippen LogP contribution is -2.49. The zero-order valence-electron chi connectivity index (χ0n) is 10.9. The largest absolute Gasteiger partial charge is 0.368 e. The molecular formula is C14H19Cl2N3. The fourth-order valence-corrected chi connectivity index (χ4v) is 2.53. The number of aromatic nitrogens is 1. The van der Waals surface area contributed by atoms with Gasteiger partial charge in [-0.25, -0.2) is 0 Å². The van der Waals surface area contributed by atoms with Gasteiger partial charge in [-0.3, -0.25) is 4.98 Å². The number of halogens is 2. The number of fused-ring (bicyclic) bond motifs is 1. The molecule has 1 N–H and O–H groups in total. The van der Waals surface area contributed by atoms with Crippen molar-refractivity contribution < 1.29 is 0 Å². The van der Waals surface area contributed by atoms with Crippen LogP contribution in [0.5, 0.6) is 0 Å². The molecule has 1 saturated heterocycles. The molecule has 104 valence electrons. The first-order valence-corrected chi connectivity index (χ1v) is 6.15. The summed E-state index contributed by atoms with van der Waals surface area (Å²) in [4.78, 5) is 6.65. The van der Waals surface area contributed by atoms with Gasteiger partial charge in [0.2, 0.25) is 0 Å². The number of hydrogen-bond acceptors (Lipinski definition) is 3. The molecule has 0 saturated carbocycles. The van der Waals surface area contributed by atoms with Crippen LogP contribution in [0.4, 0.5) is 5.69 Å². The standard InChI is InChI=1S/C14H17N3.2ClH/c1-11-10-17(8-7-16-11)14-4-2-3-12-9-15-6-5-13(12)14;;/h2-6,9,11,16H,7-8,10H2,1H3;2*1H. The molecule has 0 radical (unpaired) electrons. The van der Waals surface area contributed by atoms with Crippen molar-refractivity contribution >= 4 is 41.3 Å². The Balaban J connectivity index is 0.000000902. The molecule has 5 heteroatoms. The molecule has 19 heavy (non-hydrogen) atoms. The Morgan fingerprint density at radius 1 is 1.26 bits per heavy atom. The van der Waals surface area contributed by atoms with Gasteiger partial charge in [-0.1, -0.05) is 12.1 Å². The van der Waals surface area contributed by atoms with Crippen LogP contribution in [0.25, 0.3) is 10.8 Å². The van der Waals surface area contributed by atoms with E-state index in [1.807, 2.05) is 12.4 Å². The van der Waals surface area contributed by atoms with Crippen LogP contribution in [0, 0.1) is 0 Å². The number of pyridine rings is 1. The highest BCUT2D eigenvalue weighted by Gasteiger charge is 2.17. The van der Waals surface area contributed by atoms with Crippen LogP contribution >= 0.6 is 24.8 Å². The summed E-state index contributed by atoms with van der Waals surface area (Å²) in [5.41, 5.74) is 1.33. The van der Waals surface area contributed by atoms with Crippen LogP contribution in [-0.4, -0.2) is 30.7 Å². The van der Waals surface area contributed by atoms with E-state index in [9.17, 15) is 0 Å². The van der Waals surface area contributed by atoms with E-state index in [2.05, 4.69) is 46.4 Å². The van der Waals surface area contributed by atoms with E-state index in [4.69, 9.17) is 0 Å². The third-order valence-corrected chi connectivity index (χ3v) is 3.37. The SMILES string of the molecule is CC1CN(c2cccc3cnccc23)CCN1.Cl.Cl. The molecule has 0 spiro atoms. The van der Waals surface area contributed by atoms with Gasteiger partial charge in [0, 0.05) is 54.5 Å². The van der Waals surface area contributed by atoms with E-state index in [0.717, 1.165) is 19.6 Å². The van der Waals surface area contributed by atoms with E-state index < -0.39 is 0 Å². The minimum Gasteiger partial charge on any atom is -0.368 e. The van der Waals surface area contributed by atoms with Gasteiger partial charge in [0.1, 0.15) is 0 Å². The lowest BCUT2D eigenvalue weighted by Gasteiger charge is -2.34. The first kappa shape index (κ1) is 16.0. The smallest absolute Gasteiger partial charge is 0.0448 e. The molecule has 1 aromatic heterocycles. The highest BCUT2D eigenvalue weighted by atomic mass is 35.5. The Bertz CT molecular complexity index is 528. The lowest BCUT2D eigenvalue weighted by molar-refractivity contribution is 0.485. The molecule has 0 amide bonds. The average molecular weight is 300 g/mol. The van der Waals surface area contributed by atoms with Crippen LogP contribution in [0.1, 0.15) is 6.92 Å². The molecule has 0 bridgehead atoms. The van der Waals surface area contributed by atoms with Gasteiger partial charge < -0.3 is 10.2 Å². The highest BCUT2D eigenvalue weighted by molar-refractivity contribution is 5.93. The van der Waals surface area contributed by atoms with Gasteiger partial charge >= 0.3 is 0 Å². The molecule has 1 aliphatic rings. The fourth-order valence-electron chi connectivity index (χ4n) is 2.53. The molecule has 1 unspecified atom stereocenters. The Morgan fingerprint density at radius 2 is 2.11 bits per heavy atom. The second kappa shape index (κ2) is 6.94. The quantitative estimate of drug-likeness (QED) is 0.878. The third-order valence-electron chi connectivity index (χ3n) is 3.37. The Morgan fingerprint density at radius 3 is 2.89 bits per heavy atom. The predicted octanol–water partition coefficient (Wildman–Crippen LogP) is 2.88. The van der Waals surface area contributed by atoms with E-state index in [1.165, 1.54) is 16.5 Å². The maximum atomic E-state index is 4.18. The minimum absolute atomic E-state index is 0. The van der Waals surface area contributed by atoms with Crippen LogP contribution in [-0.2, 0) is 0 Å². The summed E-state index contributed by atoms with van der Waals surface area (Å²) >= 11 is 0. The second-order valence-corrected chi connectivity index (χ2v) is 4.68. The van der Waals surface area contributed by atoms with Gasteiger partial charge in [0.15, 0.2) is 0 Å². The van der Waals surface area contributed by atoms with E-state index in [1.54, 1.807) is 0 Å². The number of benzene rings is 1. The van der Waals surface area contributed by atoms with Crippen molar-refractivity contribution in [2.75, 3.05) is 24.5 Å². The van der Waals surface area contributed by atoms with Crippen LogP contribution in [0.15, 0.2) is 36.7 Å². The molecule has 1 atom stereocenters. The molecular weight excluding hydrogens is 281 g/mol. The average Bonchev–Trinajstić information content (AvgIpc) is 2.38. The molecule has 3 nitrogen and oxygen atoms in total. The van der Waals surface area contributed by atoms with E-state index >= 15 is 0 Å². The van der Waals surface area contributed by atoms with Gasteiger partial charge in [-0.15, -0.1) is 24.8 Å². The van der Waals surface area contributed by atoms with Crippen molar-refractivity contribution in [2.45, 2.75) is 13.0 Å². The molecule has 2 aromatic rings. The Hall–Kier alpha value is -1.03. The first-order chi connectivity index (χ1) is 8.34. The molecule has 1 aliphatic heterocycles. The van der Waals surface area contributed by atoms with E-state index in [0.29, 0.717) is 6.04 Å².